The molecule has 0 saturated carbocycles. The SMILES string of the molecule is C=C(CCN)N1CC(C)CCC1C. The average molecular weight is 182 g/mol. The molecule has 1 aliphatic rings. The molecule has 2 atom stereocenters. The van der Waals surface area contributed by atoms with E-state index in [4.69, 9.17) is 5.73 Å². The van der Waals surface area contributed by atoms with Gasteiger partial charge in [-0.2, -0.15) is 0 Å². The molecular formula is C11H22N2. The Balaban J connectivity index is 2.50. The molecule has 1 rings (SSSR count). The van der Waals surface area contributed by atoms with Crippen LogP contribution in [0.15, 0.2) is 12.3 Å². The van der Waals surface area contributed by atoms with Crippen molar-refractivity contribution in [2.24, 2.45) is 11.7 Å². The third kappa shape index (κ3) is 2.73. The van der Waals surface area contributed by atoms with Gasteiger partial charge < -0.3 is 10.6 Å². The van der Waals surface area contributed by atoms with Crippen LogP contribution in [0.1, 0.15) is 33.1 Å². The second kappa shape index (κ2) is 4.66. The summed E-state index contributed by atoms with van der Waals surface area (Å²) in [7, 11) is 0. The van der Waals surface area contributed by atoms with E-state index in [1.165, 1.54) is 25.1 Å². The van der Waals surface area contributed by atoms with Crippen molar-refractivity contribution in [2.45, 2.75) is 39.2 Å². The Bertz CT molecular complexity index is 177. The molecule has 0 bridgehead atoms. The van der Waals surface area contributed by atoms with E-state index in [0.717, 1.165) is 18.9 Å². The molecule has 0 radical (unpaired) electrons. The number of nitrogens with zero attached hydrogens (tertiary/aromatic N) is 1. The normalized spacial score (nSPS) is 29.0. The predicted octanol–water partition coefficient (Wildman–Crippen LogP) is 1.97. The molecule has 0 amide bonds. The van der Waals surface area contributed by atoms with Gasteiger partial charge in [0.15, 0.2) is 0 Å². The lowest BCUT2D eigenvalue weighted by atomic mass is 9.94. The van der Waals surface area contributed by atoms with E-state index in [0.29, 0.717) is 6.04 Å². The van der Waals surface area contributed by atoms with Gasteiger partial charge in [0.1, 0.15) is 0 Å². The molecule has 0 aliphatic carbocycles. The molecule has 2 nitrogen and oxygen atoms in total. The largest absolute Gasteiger partial charge is 0.372 e. The van der Waals surface area contributed by atoms with Crippen molar-refractivity contribution >= 4 is 0 Å². The molecule has 76 valence electrons. The Labute approximate surface area is 81.8 Å². The van der Waals surface area contributed by atoms with Crippen LogP contribution in [0.3, 0.4) is 0 Å². The predicted molar refractivity (Wildman–Crippen MR) is 57.4 cm³/mol. The van der Waals surface area contributed by atoms with Crippen LogP contribution in [-0.4, -0.2) is 24.0 Å². The molecule has 2 N–H and O–H groups in total. The lowest BCUT2D eigenvalue weighted by Crippen LogP contribution is -2.40. The molecule has 1 aliphatic heterocycles. The van der Waals surface area contributed by atoms with Crippen LogP contribution in [-0.2, 0) is 0 Å². The molecule has 0 spiro atoms. The summed E-state index contributed by atoms with van der Waals surface area (Å²) in [6, 6.07) is 0.662. The quantitative estimate of drug-likeness (QED) is 0.723. The highest BCUT2D eigenvalue weighted by Crippen LogP contribution is 2.25. The minimum absolute atomic E-state index is 0.662. The first kappa shape index (κ1) is 10.6. The van der Waals surface area contributed by atoms with Gasteiger partial charge in [0.25, 0.3) is 0 Å². The Hall–Kier alpha value is -0.500. The summed E-state index contributed by atoms with van der Waals surface area (Å²) in [5, 5.41) is 0. The summed E-state index contributed by atoms with van der Waals surface area (Å²) in [5.74, 6) is 0.811. The summed E-state index contributed by atoms with van der Waals surface area (Å²) in [4.78, 5) is 2.43. The molecule has 13 heavy (non-hydrogen) atoms. The number of hydrogen-bond donors (Lipinski definition) is 1. The van der Waals surface area contributed by atoms with Gasteiger partial charge in [-0.1, -0.05) is 13.5 Å². The van der Waals surface area contributed by atoms with E-state index in [-0.39, 0.29) is 0 Å². The average Bonchev–Trinajstić information content (AvgIpc) is 2.09. The number of piperidine rings is 1. The van der Waals surface area contributed by atoms with E-state index in [1.807, 2.05) is 0 Å². The highest BCUT2D eigenvalue weighted by molar-refractivity contribution is 4.98. The Morgan fingerprint density at radius 3 is 2.77 bits per heavy atom. The zero-order valence-corrected chi connectivity index (χ0v) is 8.92. The molecule has 1 fully saturated rings. The van der Waals surface area contributed by atoms with Gasteiger partial charge in [0.05, 0.1) is 0 Å². The smallest absolute Gasteiger partial charge is 0.0258 e. The fourth-order valence-corrected chi connectivity index (χ4v) is 2.04. The fraction of sp³-hybridized carbons (Fsp3) is 0.818. The molecule has 1 saturated heterocycles. The van der Waals surface area contributed by atoms with Gasteiger partial charge in [0.2, 0.25) is 0 Å². The van der Waals surface area contributed by atoms with Gasteiger partial charge >= 0.3 is 0 Å². The first-order valence-corrected chi connectivity index (χ1v) is 5.29. The molecule has 1 heterocycles. The zero-order chi connectivity index (χ0) is 9.84. The summed E-state index contributed by atoms with van der Waals surface area (Å²) in [6.07, 6.45) is 3.59. The Morgan fingerprint density at radius 1 is 1.46 bits per heavy atom. The summed E-state index contributed by atoms with van der Waals surface area (Å²) in [5.41, 5.74) is 6.75. The Morgan fingerprint density at radius 2 is 2.15 bits per heavy atom. The monoisotopic (exact) mass is 182 g/mol. The molecular weight excluding hydrogens is 160 g/mol. The third-order valence-electron chi connectivity index (χ3n) is 2.96. The first-order chi connectivity index (χ1) is 6.15. The van der Waals surface area contributed by atoms with Gasteiger partial charge in [0, 0.05) is 18.3 Å². The number of rotatable bonds is 3. The maximum absolute atomic E-state index is 5.53. The van der Waals surface area contributed by atoms with Crippen molar-refractivity contribution in [3.8, 4) is 0 Å². The first-order valence-electron chi connectivity index (χ1n) is 5.29. The van der Waals surface area contributed by atoms with Gasteiger partial charge in [-0.25, -0.2) is 0 Å². The van der Waals surface area contributed by atoms with Crippen molar-refractivity contribution in [2.75, 3.05) is 13.1 Å². The second-order valence-corrected chi connectivity index (χ2v) is 4.29. The number of hydrogen-bond acceptors (Lipinski definition) is 2. The van der Waals surface area contributed by atoms with E-state index in [2.05, 4.69) is 25.3 Å². The van der Waals surface area contributed by atoms with Crippen LogP contribution in [0.5, 0.6) is 0 Å². The lowest BCUT2D eigenvalue weighted by molar-refractivity contribution is 0.162. The second-order valence-electron chi connectivity index (χ2n) is 4.29. The van der Waals surface area contributed by atoms with Crippen LogP contribution in [0.2, 0.25) is 0 Å². The Kier molecular flexibility index (Phi) is 3.79. The number of nitrogens with two attached hydrogens (primary N) is 1. The third-order valence-corrected chi connectivity index (χ3v) is 2.96. The van der Waals surface area contributed by atoms with Crippen LogP contribution >= 0.6 is 0 Å². The van der Waals surface area contributed by atoms with Crippen LogP contribution < -0.4 is 5.73 Å². The lowest BCUT2D eigenvalue weighted by Gasteiger charge is -2.39. The molecule has 0 aromatic carbocycles. The van der Waals surface area contributed by atoms with Crippen molar-refractivity contribution in [1.29, 1.82) is 0 Å². The van der Waals surface area contributed by atoms with Crippen LogP contribution in [0, 0.1) is 5.92 Å². The van der Waals surface area contributed by atoms with Gasteiger partial charge in [-0.3, -0.25) is 0 Å². The fourth-order valence-electron chi connectivity index (χ4n) is 2.04. The maximum atomic E-state index is 5.53. The molecule has 2 heteroatoms. The summed E-state index contributed by atoms with van der Waals surface area (Å²) in [6.45, 7) is 10.6. The van der Waals surface area contributed by atoms with Crippen molar-refractivity contribution < 1.29 is 0 Å². The van der Waals surface area contributed by atoms with Crippen LogP contribution in [0.4, 0.5) is 0 Å². The van der Waals surface area contributed by atoms with E-state index >= 15 is 0 Å². The molecule has 0 aromatic heterocycles. The van der Waals surface area contributed by atoms with Gasteiger partial charge in [-0.15, -0.1) is 0 Å². The van der Waals surface area contributed by atoms with Crippen molar-refractivity contribution in [1.82, 2.24) is 4.90 Å². The van der Waals surface area contributed by atoms with Crippen molar-refractivity contribution in [3.05, 3.63) is 12.3 Å². The van der Waals surface area contributed by atoms with Crippen molar-refractivity contribution in [3.63, 3.8) is 0 Å². The highest BCUT2D eigenvalue weighted by atomic mass is 15.2. The van der Waals surface area contributed by atoms with Gasteiger partial charge in [-0.05, 0) is 38.6 Å². The molecule has 0 aromatic rings. The standard InChI is InChI=1S/C11H22N2/c1-9-4-5-10(2)13(8-9)11(3)6-7-12/h9-10H,3-8,12H2,1-2H3. The summed E-state index contributed by atoms with van der Waals surface area (Å²) >= 11 is 0. The minimum Gasteiger partial charge on any atom is -0.372 e. The van der Waals surface area contributed by atoms with E-state index < -0.39 is 0 Å². The van der Waals surface area contributed by atoms with Crippen LogP contribution in [0.25, 0.3) is 0 Å². The van der Waals surface area contributed by atoms with E-state index in [9.17, 15) is 0 Å². The topological polar surface area (TPSA) is 29.3 Å². The number of likely N-dealkylation sites (tertiary alicyclic amines) is 1. The highest BCUT2D eigenvalue weighted by Gasteiger charge is 2.22. The van der Waals surface area contributed by atoms with E-state index in [1.54, 1.807) is 0 Å². The zero-order valence-electron chi connectivity index (χ0n) is 8.92. The summed E-state index contributed by atoms with van der Waals surface area (Å²) < 4.78 is 0. The minimum atomic E-state index is 0.662. The maximum Gasteiger partial charge on any atom is 0.0258 e. The molecule has 2 unspecified atom stereocenters.